The van der Waals surface area contributed by atoms with Crippen molar-refractivity contribution >= 4 is 5.91 Å². The summed E-state index contributed by atoms with van der Waals surface area (Å²) in [5.41, 5.74) is 0.150. The van der Waals surface area contributed by atoms with Crippen molar-refractivity contribution < 1.29 is 9.18 Å². The lowest BCUT2D eigenvalue weighted by Gasteiger charge is -2.23. The first-order valence-electron chi connectivity index (χ1n) is 5.42. The quantitative estimate of drug-likeness (QED) is 0.817. The van der Waals surface area contributed by atoms with E-state index in [1.807, 2.05) is 0 Å². The number of nitrogens with one attached hydrogen (secondary N) is 1. The van der Waals surface area contributed by atoms with Crippen molar-refractivity contribution in [1.82, 2.24) is 10.2 Å². The van der Waals surface area contributed by atoms with Crippen LogP contribution in [0.2, 0.25) is 0 Å². The van der Waals surface area contributed by atoms with E-state index in [-0.39, 0.29) is 17.5 Å². The molecular weight excluding hydrogens is 207 g/mol. The minimum absolute atomic E-state index is 0.150. The van der Waals surface area contributed by atoms with E-state index in [0.717, 1.165) is 19.5 Å². The molecule has 0 bridgehead atoms. The lowest BCUT2D eigenvalue weighted by molar-refractivity contribution is 0.0739. The largest absolute Gasteiger partial charge is 0.337 e. The number of benzene rings is 1. The molecule has 3 nitrogen and oxygen atoms in total. The summed E-state index contributed by atoms with van der Waals surface area (Å²) in [4.78, 5) is 13.6. The average molecular weight is 222 g/mol. The van der Waals surface area contributed by atoms with Crippen LogP contribution >= 0.6 is 0 Å². The van der Waals surface area contributed by atoms with Crippen LogP contribution in [0.1, 0.15) is 16.8 Å². The summed E-state index contributed by atoms with van der Waals surface area (Å²) in [5, 5.41) is 3.19. The van der Waals surface area contributed by atoms with Gasteiger partial charge in [0.05, 0.1) is 5.56 Å². The van der Waals surface area contributed by atoms with Gasteiger partial charge in [-0.2, -0.15) is 0 Å². The summed E-state index contributed by atoms with van der Waals surface area (Å²) < 4.78 is 13.4. The second-order valence-corrected chi connectivity index (χ2v) is 4.04. The summed E-state index contributed by atoms with van der Waals surface area (Å²) in [6.07, 6.45) is 0.927. The number of halogens is 1. The zero-order valence-corrected chi connectivity index (χ0v) is 9.24. The molecular formula is C12H15FN2O. The van der Waals surface area contributed by atoms with Crippen molar-refractivity contribution in [3.05, 3.63) is 35.6 Å². The van der Waals surface area contributed by atoms with E-state index in [9.17, 15) is 9.18 Å². The molecule has 0 saturated carbocycles. The Hall–Kier alpha value is -1.42. The Labute approximate surface area is 94.3 Å². The topological polar surface area (TPSA) is 32.3 Å². The predicted molar refractivity (Wildman–Crippen MR) is 59.8 cm³/mol. The Kier molecular flexibility index (Phi) is 3.19. The van der Waals surface area contributed by atoms with Crippen LogP contribution in [0.3, 0.4) is 0 Å². The molecule has 0 aromatic heterocycles. The van der Waals surface area contributed by atoms with Crippen molar-refractivity contribution in [1.29, 1.82) is 0 Å². The molecule has 1 aliphatic heterocycles. The van der Waals surface area contributed by atoms with E-state index >= 15 is 0 Å². The summed E-state index contributed by atoms with van der Waals surface area (Å²) in [5.74, 6) is -0.697. The van der Waals surface area contributed by atoms with Gasteiger partial charge < -0.3 is 10.2 Å². The van der Waals surface area contributed by atoms with Crippen LogP contribution in [0.4, 0.5) is 4.39 Å². The zero-order valence-electron chi connectivity index (χ0n) is 9.24. The monoisotopic (exact) mass is 222 g/mol. The highest BCUT2D eigenvalue weighted by Crippen LogP contribution is 2.13. The summed E-state index contributed by atoms with van der Waals surface area (Å²) in [7, 11) is 1.73. The van der Waals surface area contributed by atoms with Crippen molar-refractivity contribution in [2.75, 3.05) is 20.1 Å². The number of likely N-dealkylation sites (N-methyl/N-ethyl adjacent to an activating group) is 1. The first-order valence-corrected chi connectivity index (χ1v) is 5.42. The van der Waals surface area contributed by atoms with Gasteiger partial charge in [0, 0.05) is 19.6 Å². The standard InChI is InChI=1S/C12H15FN2O/c1-15(9-6-7-14-8-9)12(16)10-4-2-3-5-11(10)13/h2-5,9,14H,6-8H2,1H3/t9-/m0/s1. The Morgan fingerprint density at radius 1 is 1.50 bits per heavy atom. The summed E-state index contributed by atoms with van der Waals surface area (Å²) in [6, 6.07) is 6.28. The van der Waals surface area contributed by atoms with Crippen LogP contribution in [0.15, 0.2) is 24.3 Å². The zero-order chi connectivity index (χ0) is 11.5. The Balaban J connectivity index is 2.15. The molecule has 1 aromatic carbocycles. The number of hydrogen-bond acceptors (Lipinski definition) is 2. The van der Waals surface area contributed by atoms with Gasteiger partial charge in [-0.05, 0) is 25.1 Å². The number of carbonyl (C=O) groups is 1. The van der Waals surface area contributed by atoms with E-state index in [0.29, 0.717) is 0 Å². The number of carbonyl (C=O) groups excluding carboxylic acids is 1. The molecule has 1 amide bonds. The SMILES string of the molecule is CN(C(=O)c1ccccc1F)[C@H]1CCNC1. The Morgan fingerprint density at radius 3 is 2.88 bits per heavy atom. The van der Waals surface area contributed by atoms with Gasteiger partial charge in [-0.1, -0.05) is 12.1 Å². The summed E-state index contributed by atoms with van der Waals surface area (Å²) in [6.45, 7) is 1.70. The molecule has 0 spiro atoms. The fourth-order valence-corrected chi connectivity index (χ4v) is 1.96. The van der Waals surface area contributed by atoms with Gasteiger partial charge in [-0.15, -0.1) is 0 Å². The van der Waals surface area contributed by atoms with Crippen LogP contribution in [0.5, 0.6) is 0 Å². The van der Waals surface area contributed by atoms with E-state index in [1.165, 1.54) is 12.1 Å². The van der Waals surface area contributed by atoms with Gasteiger partial charge in [0.25, 0.3) is 5.91 Å². The molecule has 16 heavy (non-hydrogen) atoms. The highest BCUT2D eigenvalue weighted by atomic mass is 19.1. The third-order valence-electron chi connectivity index (χ3n) is 3.01. The molecule has 1 atom stereocenters. The van der Waals surface area contributed by atoms with Gasteiger partial charge in [0.15, 0.2) is 0 Å². The minimum Gasteiger partial charge on any atom is -0.337 e. The van der Waals surface area contributed by atoms with E-state index in [2.05, 4.69) is 5.32 Å². The van der Waals surface area contributed by atoms with E-state index in [1.54, 1.807) is 24.1 Å². The van der Waals surface area contributed by atoms with Crippen LogP contribution in [-0.4, -0.2) is 37.0 Å². The van der Waals surface area contributed by atoms with Crippen LogP contribution in [-0.2, 0) is 0 Å². The molecule has 0 aliphatic carbocycles. The van der Waals surface area contributed by atoms with E-state index < -0.39 is 5.82 Å². The van der Waals surface area contributed by atoms with Gasteiger partial charge in [0.1, 0.15) is 5.82 Å². The van der Waals surface area contributed by atoms with Crippen molar-refractivity contribution in [2.24, 2.45) is 0 Å². The molecule has 1 fully saturated rings. The second-order valence-electron chi connectivity index (χ2n) is 4.04. The van der Waals surface area contributed by atoms with Crippen LogP contribution in [0, 0.1) is 5.82 Å². The molecule has 0 unspecified atom stereocenters. The van der Waals surface area contributed by atoms with Crippen LogP contribution in [0.25, 0.3) is 0 Å². The molecule has 2 rings (SSSR count). The number of amides is 1. The third kappa shape index (κ3) is 2.07. The smallest absolute Gasteiger partial charge is 0.256 e. The maximum absolute atomic E-state index is 13.4. The third-order valence-corrected chi connectivity index (χ3v) is 3.01. The Bertz CT molecular complexity index is 388. The number of nitrogens with zero attached hydrogens (tertiary/aromatic N) is 1. The van der Waals surface area contributed by atoms with Gasteiger partial charge in [0.2, 0.25) is 0 Å². The average Bonchev–Trinajstić information content (AvgIpc) is 2.81. The molecule has 1 N–H and O–H groups in total. The maximum Gasteiger partial charge on any atom is 0.256 e. The molecule has 86 valence electrons. The second kappa shape index (κ2) is 4.61. The normalized spacial score (nSPS) is 19.8. The highest BCUT2D eigenvalue weighted by Gasteiger charge is 2.25. The molecule has 1 aliphatic rings. The lowest BCUT2D eigenvalue weighted by atomic mass is 10.1. The molecule has 1 saturated heterocycles. The molecule has 0 radical (unpaired) electrons. The fraction of sp³-hybridized carbons (Fsp3) is 0.417. The number of hydrogen-bond donors (Lipinski definition) is 1. The van der Waals surface area contributed by atoms with Crippen molar-refractivity contribution in [2.45, 2.75) is 12.5 Å². The van der Waals surface area contributed by atoms with Crippen molar-refractivity contribution in [3.8, 4) is 0 Å². The fourth-order valence-electron chi connectivity index (χ4n) is 1.96. The molecule has 4 heteroatoms. The number of rotatable bonds is 2. The minimum atomic E-state index is -0.453. The maximum atomic E-state index is 13.4. The Morgan fingerprint density at radius 2 is 2.25 bits per heavy atom. The molecule has 1 aromatic rings. The predicted octanol–water partition coefficient (Wildman–Crippen LogP) is 1.26. The first-order chi connectivity index (χ1) is 7.70. The van der Waals surface area contributed by atoms with Gasteiger partial charge >= 0.3 is 0 Å². The first kappa shape index (κ1) is 11.1. The van der Waals surface area contributed by atoms with E-state index in [4.69, 9.17) is 0 Å². The highest BCUT2D eigenvalue weighted by molar-refractivity contribution is 5.94. The van der Waals surface area contributed by atoms with Gasteiger partial charge in [-0.3, -0.25) is 4.79 Å². The van der Waals surface area contributed by atoms with Crippen LogP contribution < -0.4 is 5.32 Å². The summed E-state index contributed by atoms with van der Waals surface area (Å²) >= 11 is 0. The molecule has 1 heterocycles. The van der Waals surface area contributed by atoms with Crippen molar-refractivity contribution in [3.63, 3.8) is 0 Å². The lowest BCUT2D eigenvalue weighted by Crippen LogP contribution is -2.38. The van der Waals surface area contributed by atoms with Gasteiger partial charge in [-0.25, -0.2) is 4.39 Å².